The van der Waals surface area contributed by atoms with Gasteiger partial charge >= 0.3 is 5.69 Å². The largest absolute Gasteiger partial charge is 0.332 e. The fourth-order valence-corrected chi connectivity index (χ4v) is 5.87. The lowest BCUT2D eigenvalue weighted by Gasteiger charge is -2.13. The first-order chi connectivity index (χ1) is 15.8. The van der Waals surface area contributed by atoms with Gasteiger partial charge in [0.05, 0.1) is 4.90 Å². The number of hydrogen-bond acceptors (Lipinski definition) is 5. The van der Waals surface area contributed by atoms with E-state index in [0.717, 1.165) is 26.8 Å². The van der Waals surface area contributed by atoms with Gasteiger partial charge in [0.2, 0.25) is 0 Å². The van der Waals surface area contributed by atoms with Crippen molar-refractivity contribution >= 4 is 32.0 Å². The minimum atomic E-state index is -4.16. The van der Waals surface area contributed by atoms with Crippen molar-refractivity contribution in [1.29, 1.82) is 0 Å². The minimum absolute atomic E-state index is 0.0766. The number of unbranched alkanes of at least 4 members (excludes halogenated alkanes) is 2. The third-order valence-electron chi connectivity index (χ3n) is 5.88. The molecule has 0 aliphatic rings. The predicted molar refractivity (Wildman–Crippen MR) is 129 cm³/mol. The van der Waals surface area contributed by atoms with Crippen molar-refractivity contribution in [3.63, 3.8) is 0 Å². The number of hydrogen-bond donors (Lipinski definition) is 0. The zero-order chi connectivity index (χ0) is 23.8. The first-order valence-electron chi connectivity index (χ1n) is 11.3. The molecule has 0 aliphatic carbocycles. The second kappa shape index (κ2) is 8.97. The molecule has 0 saturated heterocycles. The molecule has 0 N–H and O–H groups in total. The molecule has 2 aromatic carbocycles. The number of nitrogens with zero attached hydrogens (tertiary/aromatic N) is 4. The minimum Gasteiger partial charge on any atom is -0.276 e. The molecule has 33 heavy (non-hydrogen) atoms. The Morgan fingerprint density at radius 1 is 0.879 bits per heavy atom. The van der Waals surface area contributed by atoms with Gasteiger partial charge in [0.25, 0.3) is 15.6 Å². The van der Waals surface area contributed by atoms with Gasteiger partial charge in [0.1, 0.15) is 5.82 Å². The van der Waals surface area contributed by atoms with Crippen LogP contribution in [0.15, 0.2) is 56.9 Å². The standard InChI is InChI=1S/C24H28N4O4S/c1-4-6-15-26-22-21(23(29)27(24(26)30)16-7-5-2)28(17(3)25-22)33(31,32)20-14-10-12-18-11-8-9-13-19(18)20/h8-14H,4-7,15-16H2,1-3H3. The van der Waals surface area contributed by atoms with Gasteiger partial charge in [-0.25, -0.2) is 22.2 Å². The number of aryl methyl sites for hydroxylation is 2. The van der Waals surface area contributed by atoms with Crippen molar-refractivity contribution in [3.05, 3.63) is 69.1 Å². The second-order valence-electron chi connectivity index (χ2n) is 8.18. The summed E-state index contributed by atoms with van der Waals surface area (Å²) in [7, 11) is -4.16. The molecule has 0 amide bonds. The quantitative estimate of drug-likeness (QED) is 0.393. The van der Waals surface area contributed by atoms with Crippen LogP contribution in [-0.2, 0) is 23.1 Å². The summed E-state index contributed by atoms with van der Waals surface area (Å²) in [6.45, 7) is 6.12. The molecule has 174 valence electrons. The zero-order valence-corrected chi connectivity index (χ0v) is 19.9. The van der Waals surface area contributed by atoms with Crippen molar-refractivity contribution in [1.82, 2.24) is 18.1 Å². The van der Waals surface area contributed by atoms with E-state index in [1.807, 2.05) is 32.0 Å². The van der Waals surface area contributed by atoms with Crippen LogP contribution in [0.1, 0.15) is 45.4 Å². The summed E-state index contributed by atoms with van der Waals surface area (Å²) in [6, 6.07) is 12.3. The number of imidazole rings is 1. The summed E-state index contributed by atoms with van der Waals surface area (Å²) in [5.74, 6) is 0.146. The molecule has 9 heteroatoms. The normalized spacial score (nSPS) is 12.1. The smallest absolute Gasteiger partial charge is 0.276 e. The highest BCUT2D eigenvalue weighted by atomic mass is 32.2. The van der Waals surface area contributed by atoms with Crippen molar-refractivity contribution in [2.75, 3.05) is 0 Å². The Morgan fingerprint density at radius 3 is 2.21 bits per heavy atom. The Hall–Kier alpha value is -3.20. The Balaban J connectivity index is 2.09. The molecule has 0 saturated carbocycles. The van der Waals surface area contributed by atoms with Crippen molar-refractivity contribution < 1.29 is 8.42 Å². The predicted octanol–water partition coefficient (Wildman–Crippen LogP) is 3.66. The number of fused-ring (bicyclic) bond motifs is 2. The van der Waals surface area contributed by atoms with Crippen molar-refractivity contribution in [2.45, 2.75) is 64.4 Å². The van der Waals surface area contributed by atoms with Crippen LogP contribution in [0.3, 0.4) is 0 Å². The summed E-state index contributed by atoms with van der Waals surface area (Å²) >= 11 is 0. The summed E-state index contributed by atoms with van der Waals surface area (Å²) in [5, 5.41) is 1.34. The monoisotopic (exact) mass is 468 g/mol. The molecular weight excluding hydrogens is 440 g/mol. The van der Waals surface area contributed by atoms with Crippen LogP contribution in [-0.4, -0.2) is 26.5 Å². The van der Waals surface area contributed by atoms with Gasteiger partial charge in [-0.05, 0) is 31.2 Å². The molecule has 2 aromatic heterocycles. The Labute approximate surface area is 192 Å². The molecule has 0 fully saturated rings. The first kappa shape index (κ1) is 23.0. The summed E-state index contributed by atoms with van der Waals surface area (Å²) in [4.78, 5) is 31.1. The Morgan fingerprint density at radius 2 is 1.52 bits per heavy atom. The molecule has 0 spiro atoms. The molecule has 0 atom stereocenters. The number of aromatic nitrogens is 4. The van der Waals surface area contributed by atoms with Gasteiger partial charge in [-0.1, -0.05) is 63.1 Å². The van der Waals surface area contributed by atoms with Crippen LogP contribution in [0.4, 0.5) is 0 Å². The molecule has 2 heterocycles. The molecule has 4 rings (SSSR count). The van der Waals surface area contributed by atoms with Crippen LogP contribution < -0.4 is 11.2 Å². The average Bonchev–Trinajstić information content (AvgIpc) is 3.16. The summed E-state index contributed by atoms with van der Waals surface area (Å²) in [6.07, 6.45) is 2.99. The Bertz CT molecular complexity index is 1560. The van der Waals surface area contributed by atoms with E-state index >= 15 is 0 Å². The van der Waals surface area contributed by atoms with Crippen LogP contribution in [0.25, 0.3) is 21.9 Å². The topological polar surface area (TPSA) is 96.0 Å². The lowest BCUT2D eigenvalue weighted by Crippen LogP contribution is -2.41. The number of rotatable bonds is 8. The van der Waals surface area contributed by atoms with E-state index < -0.39 is 21.3 Å². The van der Waals surface area contributed by atoms with Crippen LogP contribution in [0.2, 0.25) is 0 Å². The van der Waals surface area contributed by atoms with E-state index in [9.17, 15) is 18.0 Å². The lowest BCUT2D eigenvalue weighted by atomic mass is 10.1. The van der Waals surface area contributed by atoms with Crippen LogP contribution >= 0.6 is 0 Å². The van der Waals surface area contributed by atoms with E-state index in [0.29, 0.717) is 24.8 Å². The highest BCUT2D eigenvalue weighted by molar-refractivity contribution is 7.90. The van der Waals surface area contributed by atoms with Crippen LogP contribution in [0.5, 0.6) is 0 Å². The van der Waals surface area contributed by atoms with Crippen molar-refractivity contribution in [3.8, 4) is 0 Å². The molecule has 0 bridgehead atoms. The molecular formula is C24H28N4O4S. The lowest BCUT2D eigenvalue weighted by molar-refractivity contribution is 0.529. The highest BCUT2D eigenvalue weighted by Gasteiger charge is 2.29. The fourth-order valence-electron chi connectivity index (χ4n) is 4.17. The van der Waals surface area contributed by atoms with E-state index in [1.54, 1.807) is 25.1 Å². The van der Waals surface area contributed by atoms with E-state index in [-0.39, 0.29) is 28.4 Å². The molecule has 4 aromatic rings. The third kappa shape index (κ3) is 3.80. The van der Waals surface area contributed by atoms with Gasteiger partial charge in [0.15, 0.2) is 11.2 Å². The molecule has 0 unspecified atom stereocenters. The molecule has 0 radical (unpaired) electrons. The summed E-state index contributed by atoms with van der Waals surface area (Å²) in [5.41, 5.74) is -1.03. The highest BCUT2D eigenvalue weighted by Crippen LogP contribution is 2.27. The van der Waals surface area contributed by atoms with E-state index in [2.05, 4.69) is 4.98 Å². The maximum atomic E-state index is 13.9. The zero-order valence-electron chi connectivity index (χ0n) is 19.1. The van der Waals surface area contributed by atoms with Crippen LogP contribution in [0, 0.1) is 6.92 Å². The van der Waals surface area contributed by atoms with Crippen molar-refractivity contribution in [2.24, 2.45) is 0 Å². The fraction of sp³-hybridized carbons (Fsp3) is 0.375. The van der Waals surface area contributed by atoms with E-state index in [4.69, 9.17) is 0 Å². The SMILES string of the molecule is CCCCn1c(=O)c2c(nc(C)n2S(=O)(=O)c2cccc3ccccc23)n(CCCC)c1=O. The summed E-state index contributed by atoms with van der Waals surface area (Å²) < 4.78 is 31.4. The van der Waals surface area contributed by atoms with Gasteiger partial charge in [-0.15, -0.1) is 0 Å². The maximum absolute atomic E-state index is 13.9. The van der Waals surface area contributed by atoms with E-state index in [1.165, 1.54) is 10.6 Å². The third-order valence-corrected chi connectivity index (χ3v) is 7.72. The number of benzene rings is 2. The molecule has 8 nitrogen and oxygen atoms in total. The van der Waals surface area contributed by atoms with Gasteiger partial charge < -0.3 is 0 Å². The molecule has 0 aliphatic heterocycles. The van der Waals surface area contributed by atoms with Gasteiger partial charge in [-0.3, -0.25) is 13.9 Å². The maximum Gasteiger partial charge on any atom is 0.332 e. The Kier molecular flexibility index (Phi) is 6.25. The van der Waals surface area contributed by atoms with Gasteiger partial charge in [-0.2, -0.15) is 0 Å². The first-order valence-corrected chi connectivity index (χ1v) is 12.7. The average molecular weight is 469 g/mol. The van der Waals surface area contributed by atoms with Gasteiger partial charge in [0, 0.05) is 18.5 Å². The second-order valence-corrected chi connectivity index (χ2v) is 9.93.